The van der Waals surface area contributed by atoms with Crippen LogP contribution in [0.5, 0.6) is 0 Å². The van der Waals surface area contributed by atoms with Crippen LogP contribution in [0.15, 0.2) is 29.8 Å². The first kappa shape index (κ1) is 21.4. The van der Waals surface area contributed by atoms with Crippen molar-refractivity contribution in [1.82, 2.24) is 19.8 Å². The SMILES string of the molecule is COCCN(C[C@@H]1CCCN2CCCC[C@H]12)C(=O)Cc1csc(-c2ccccn2)n1. The van der Waals surface area contributed by atoms with Crippen molar-refractivity contribution in [2.45, 2.75) is 44.6 Å². The number of nitrogens with zero attached hydrogens (tertiary/aromatic N) is 4. The lowest BCUT2D eigenvalue weighted by Gasteiger charge is -2.45. The third-order valence-corrected chi connectivity index (χ3v) is 7.28. The van der Waals surface area contributed by atoms with E-state index in [2.05, 4.69) is 14.9 Å². The topological polar surface area (TPSA) is 58.6 Å². The van der Waals surface area contributed by atoms with E-state index in [0.717, 1.165) is 22.9 Å². The number of amides is 1. The van der Waals surface area contributed by atoms with Gasteiger partial charge in [0.1, 0.15) is 5.01 Å². The van der Waals surface area contributed by atoms with E-state index in [1.54, 1.807) is 24.6 Å². The highest BCUT2D eigenvalue weighted by Crippen LogP contribution is 2.31. The standard InChI is InChI=1S/C23H32N4O2S/c1-29-14-13-27(16-18-7-6-12-26-11-5-3-9-21(18)26)22(28)15-19-17-30-23(25-19)20-8-2-4-10-24-20/h2,4,8,10,17-18,21H,3,5-7,9,11-16H2,1H3/t18-,21+/m0/s1. The van der Waals surface area contributed by atoms with E-state index in [1.165, 1.54) is 45.2 Å². The van der Waals surface area contributed by atoms with E-state index in [0.29, 0.717) is 31.5 Å². The van der Waals surface area contributed by atoms with Gasteiger partial charge in [0.2, 0.25) is 5.91 Å². The lowest BCUT2D eigenvalue weighted by Crippen LogP contribution is -2.52. The Hall–Kier alpha value is -1.83. The molecule has 30 heavy (non-hydrogen) atoms. The van der Waals surface area contributed by atoms with Gasteiger partial charge in [-0.1, -0.05) is 12.5 Å². The molecule has 2 aromatic rings. The van der Waals surface area contributed by atoms with Crippen molar-refractivity contribution in [2.24, 2.45) is 5.92 Å². The van der Waals surface area contributed by atoms with Crippen LogP contribution >= 0.6 is 11.3 Å². The molecule has 4 heterocycles. The molecule has 2 fully saturated rings. The number of thiazole rings is 1. The highest BCUT2D eigenvalue weighted by Gasteiger charge is 2.34. The zero-order valence-corrected chi connectivity index (χ0v) is 18.6. The average Bonchev–Trinajstić information content (AvgIpc) is 3.25. The normalized spacial score (nSPS) is 21.9. The van der Waals surface area contributed by atoms with Gasteiger partial charge in [0, 0.05) is 37.8 Å². The highest BCUT2D eigenvalue weighted by atomic mass is 32.1. The lowest BCUT2D eigenvalue weighted by atomic mass is 9.83. The Labute approximate surface area is 183 Å². The monoisotopic (exact) mass is 428 g/mol. The minimum atomic E-state index is 0.151. The number of hydrogen-bond donors (Lipinski definition) is 0. The largest absolute Gasteiger partial charge is 0.383 e. The van der Waals surface area contributed by atoms with E-state index >= 15 is 0 Å². The maximum absolute atomic E-state index is 13.2. The predicted octanol–water partition coefficient (Wildman–Crippen LogP) is 3.49. The summed E-state index contributed by atoms with van der Waals surface area (Å²) in [5.74, 6) is 0.720. The van der Waals surface area contributed by atoms with Crippen LogP contribution in [-0.2, 0) is 16.0 Å². The van der Waals surface area contributed by atoms with Crippen molar-refractivity contribution < 1.29 is 9.53 Å². The number of rotatable bonds is 8. The molecule has 0 unspecified atom stereocenters. The summed E-state index contributed by atoms with van der Waals surface area (Å²) in [6, 6.07) is 6.45. The molecular formula is C23H32N4O2S. The number of methoxy groups -OCH3 is 1. The molecule has 4 rings (SSSR count). The molecule has 6 nitrogen and oxygen atoms in total. The number of carbonyl (C=O) groups is 1. The molecule has 0 aliphatic carbocycles. The van der Waals surface area contributed by atoms with Gasteiger partial charge in [-0.15, -0.1) is 11.3 Å². The lowest BCUT2D eigenvalue weighted by molar-refractivity contribution is -0.132. The van der Waals surface area contributed by atoms with E-state index in [1.807, 2.05) is 28.5 Å². The van der Waals surface area contributed by atoms with Crippen molar-refractivity contribution in [2.75, 3.05) is 39.9 Å². The van der Waals surface area contributed by atoms with Crippen molar-refractivity contribution in [3.8, 4) is 10.7 Å². The fourth-order valence-electron chi connectivity index (χ4n) is 4.85. The maximum Gasteiger partial charge on any atom is 0.228 e. The minimum Gasteiger partial charge on any atom is -0.383 e. The van der Waals surface area contributed by atoms with Crippen molar-refractivity contribution in [3.63, 3.8) is 0 Å². The molecule has 0 spiro atoms. The fourth-order valence-corrected chi connectivity index (χ4v) is 5.65. The van der Waals surface area contributed by atoms with Crippen LogP contribution in [0.4, 0.5) is 0 Å². The Kier molecular flexibility index (Phi) is 7.47. The van der Waals surface area contributed by atoms with Gasteiger partial charge in [-0.2, -0.15) is 0 Å². The van der Waals surface area contributed by atoms with Crippen LogP contribution in [0.2, 0.25) is 0 Å². The maximum atomic E-state index is 13.2. The van der Waals surface area contributed by atoms with Crippen molar-refractivity contribution in [1.29, 1.82) is 0 Å². The molecule has 0 radical (unpaired) electrons. The first-order valence-electron chi connectivity index (χ1n) is 11.1. The number of carbonyl (C=O) groups excluding carboxylic acids is 1. The first-order valence-corrected chi connectivity index (χ1v) is 12.0. The Bertz CT molecular complexity index is 811. The van der Waals surface area contributed by atoms with Crippen LogP contribution in [0, 0.1) is 5.92 Å². The molecular weight excluding hydrogens is 396 g/mol. The summed E-state index contributed by atoms with van der Waals surface area (Å²) in [6.45, 7) is 4.50. The number of piperidine rings is 2. The summed E-state index contributed by atoms with van der Waals surface area (Å²) in [5, 5.41) is 2.85. The van der Waals surface area contributed by atoms with Crippen LogP contribution in [-0.4, -0.2) is 71.6 Å². The Balaban J connectivity index is 1.41. The third-order valence-electron chi connectivity index (χ3n) is 6.37. The molecule has 7 heteroatoms. The third kappa shape index (κ3) is 5.25. The molecule has 0 N–H and O–H groups in total. The van der Waals surface area contributed by atoms with Gasteiger partial charge in [0.25, 0.3) is 0 Å². The molecule has 2 aliphatic heterocycles. The second-order valence-electron chi connectivity index (χ2n) is 8.37. The summed E-state index contributed by atoms with van der Waals surface area (Å²) in [4.78, 5) is 26.9. The summed E-state index contributed by atoms with van der Waals surface area (Å²) >= 11 is 1.55. The van der Waals surface area contributed by atoms with E-state index in [4.69, 9.17) is 4.74 Å². The molecule has 0 bridgehead atoms. The minimum absolute atomic E-state index is 0.151. The van der Waals surface area contributed by atoms with Gasteiger partial charge >= 0.3 is 0 Å². The van der Waals surface area contributed by atoms with E-state index in [-0.39, 0.29) is 5.91 Å². The van der Waals surface area contributed by atoms with Crippen LogP contribution < -0.4 is 0 Å². The molecule has 0 saturated carbocycles. The molecule has 2 aromatic heterocycles. The summed E-state index contributed by atoms with van der Waals surface area (Å²) in [5.41, 5.74) is 1.69. The fraction of sp³-hybridized carbons (Fsp3) is 0.609. The quantitative estimate of drug-likeness (QED) is 0.644. The number of aromatic nitrogens is 2. The number of hydrogen-bond acceptors (Lipinski definition) is 6. The number of ether oxygens (including phenoxy) is 1. The van der Waals surface area contributed by atoms with Crippen molar-refractivity contribution in [3.05, 3.63) is 35.5 Å². The van der Waals surface area contributed by atoms with Crippen LogP contribution in [0.1, 0.15) is 37.8 Å². The smallest absolute Gasteiger partial charge is 0.228 e. The summed E-state index contributed by atoms with van der Waals surface area (Å²) in [6.07, 6.45) is 8.49. The summed E-state index contributed by atoms with van der Waals surface area (Å²) in [7, 11) is 1.70. The molecule has 162 valence electrons. The van der Waals surface area contributed by atoms with Crippen molar-refractivity contribution >= 4 is 17.2 Å². The van der Waals surface area contributed by atoms with Gasteiger partial charge in [-0.05, 0) is 56.8 Å². The van der Waals surface area contributed by atoms with Crippen LogP contribution in [0.3, 0.4) is 0 Å². The Morgan fingerprint density at radius 3 is 3.00 bits per heavy atom. The first-order chi connectivity index (χ1) is 14.7. The molecule has 2 atom stereocenters. The van der Waals surface area contributed by atoms with E-state index < -0.39 is 0 Å². The zero-order valence-electron chi connectivity index (χ0n) is 17.8. The number of pyridine rings is 1. The van der Waals surface area contributed by atoms with Gasteiger partial charge < -0.3 is 14.5 Å². The van der Waals surface area contributed by atoms with Gasteiger partial charge in [0.05, 0.1) is 24.4 Å². The van der Waals surface area contributed by atoms with Gasteiger partial charge in [-0.3, -0.25) is 9.78 Å². The van der Waals surface area contributed by atoms with Gasteiger partial charge in [-0.25, -0.2) is 4.98 Å². The Morgan fingerprint density at radius 1 is 1.27 bits per heavy atom. The highest BCUT2D eigenvalue weighted by molar-refractivity contribution is 7.13. The predicted molar refractivity (Wildman–Crippen MR) is 119 cm³/mol. The second kappa shape index (κ2) is 10.5. The van der Waals surface area contributed by atoms with Gasteiger partial charge in [0.15, 0.2) is 0 Å². The molecule has 0 aromatic carbocycles. The average molecular weight is 429 g/mol. The molecule has 1 amide bonds. The second-order valence-corrected chi connectivity index (χ2v) is 9.23. The zero-order chi connectivity index (χ0) is 20.8. The molecule has 2 saturated heterocycles. The van der Waals surface area contributed by atoms with Crippen LogP contribution in [0.25, 0.3) is 10.7 Å². The van der Waals surface area contributed by atoms with E-state index in [9.17, 15) is 4.79 Å². The summed E-state index contributed by atoms with van der Waals surface area (Å²) < 4.78 is 5.30. The Morgan fingerprint density at radius 2 is 2.17 bits per heavy atom. The molecule has 2 aliphatic rings. The number of fused-ring (bicyclic) bond motifs is 1.